The van der Waals surface area contributed by atoms with Crippen molar-refractivity contribution in [3.8, 4) is 0 Å². The van der Waals surface area contributed by atoms with Gasteiger partial charge in [0.15, 0.2) is 0 Å². The SMILES string of the molecule is O=C/C=C(\c1ccc[nH]1)C(F)(F)F. The number of allylic oxidation sites excluding steroid dienone is 2. The minimum Gasteiger partial charge on any atom is -0.361 e. The van der Waals surface area contributed by atoms with E-state index in [2.05, 4.69) is 4.98 Å². The number of hydrogen-bond acceptors (Lipinski definition) is 1. The van der Waals surface area contributed by atoms with Crippen LogP contribution < -0.4 is 0 Å². The number of rotatable bonds is 2. The van der Waals surface area contributed by atoms with Crippen molar-refractivity contribution in [3.05, 3.63) is 30.1 Å². The molecule has 0 fully saturated rings. The maximum atomic E-state index is 12.2. The third-order valence-electron chi connectivity index (χ3n) is 1.43. The molecule has 0 aliphatic heterocycles. The predicted molar refractivity (Wildman–Crippen MR) is 40.9 cm³/mol. The normalized spacial score (nSPS) is 13.0. The standard InChI is InChI=1S/C8H6F3NO/c9-8(10,11)6(3-5-13)7-2-1-4-12-7/h1-5,12H/b6-3+. The second kappa shape index (κ2) is 3.47. The van der Waals surface area contributed by atoms with Gasteiger partial charge in [0.05, 0.1) is 11.3 Å². The van der Waals surface area contributed by atoms with Crippen molar-refractivity contribution in [1.29, 1.82) is 0 Å². The predicted octanol–water partition coefficient (Wildman–Crippen LogP) is 2.16. The van der Waals surface area contributed by atoms with Crippen LogP contribution in [0.1, 0.15) is 5.69 Å². The molecule has 0 aliphatic carbocycles. The second-order valence-corrected chi connectivity index (χ2v) is 2.30. The van der Waals surface area contributed by atoms with Gasteiger partial charge in [-0.05, 0) is 18.2 Å². The number of carbonyl (C=O) groups is 1. The van der Waals surface area contributed by atoms with Crippen LogP contribution in [-0.2, 0) is 4.79 Å². The minimum atomic E-state index is -4.51. The van der Waals surface area contributed by atoms with Gasteiger partial charge in [0.1, 0.15) is 6.29 Å². The molecule has 70 valence electrons. The number of aromatic amines is 1. The highest BCUT2D eigenvalue weighted by Gasteiger charge is 2.34. The summed E-state index contributed by atoms with van der Waals surface area (Å²) in [5, 5.41) is 0. The van der Waals surface area contributed by atoms with Crippen LogP contribution >= 0.6 is 0 Å². The minimum absolute atomic E-state index is 0.111. The van der Waals surface area contributed by atoms with E-state index in [0.29, 0.717) is 6.08 Å². The lowest BCUT2D eigenvalue weighted by molar-refractivity contribution is -0.104. The summed E-state index contributed by atoms with van der Waals surface area (Å²) in [5.41, 5.74) is -1.08. The molecule has 1 aromatic rings. The Balaban J connectivity index is 3.09. The van der Waals surface area contributed by atoms with Gasteiger partial charge in [-0.2, -0.15) is 13.2 Å². The highest BCUT2D eigenvalue weighted by atomic mass is 19.4. The third kappa shape index (κ3) is 2.21. The molecule has 1 aromatic heterocycles. The molecule has 0 radical (unpaired) electrons. The molecule has 0 aliphatic rings. The quantitative estimate of drug-likeness (QED) is 0.561. The van der Waals surface area contributed by atoms with Crippen LogP contribution in [0.25, 0.3) is 5.57 Å². The number of H-pyrrole nitrogens is 1. The van der Waals surface area contributed by atoms with Crippen molar-refractivity contribution in [3.63, 3.8) is 0 Å². The summed E-state index contributed by atoms with van der Waals surface area (Å²) in [6, 6.07) is 2.68. The Labute approximate surface area is 72.1 Å². The average Bonchev–Trinajstić information content (AvgIpc) is 2.49. The number of nitrogens with one attached hydrogen (secondary N) is 1. The summed E-state index contributed by atoms with van der Waals surface area (Å²) >= 11 is 0. The first-order valence-corrected chi connectivity index (χ1v) is 3.42. The first-order valence-electron chi connectivity index (χ1n) is 3.42. The molecule has 1 rings (SSSR count). The van der Waals surface area contributed by atoms with Crippen molar-refractivity contribution in [2.24, 2.45) is 0 Å². The molecule has 0 atom stereocenters. The Morgan fingerprint density at radius 2 is 2.15 bits per heavy atom. The van der Waals surface area contributed by atoms with Crippen LogP contribution in [0.15, 0.2) is 24.4 Å². The molecule has 2 nitrogen and oxygen atoms in total. The molecule has 5 heteroatoms. The molecule has 0 amide bonds. The molecule has 13 heavy (non-hydrogen) atoms. The van der Waals surface area contributed by atoms with E-state index in [1.807, 2.05) is 0 Å². The molecule has 1 N–H and O–H groups in total. The fraction of sp³-hybridized carbons (Fsp3) is 0.125. The van der Waals surface area contributed by atoms with Crippen LogP contribution in [0.2, 0.25) is 0 Å². The van der Waals surface area contributed by atoms with Gasteiger partial charge in [0.25, 0.3) is 0 Å². The number of aldehydes is 1. The lowest BCUT2D eigenvalue weighted by Gasteiger charge is -2.08. The van der Waals surface area contributed by atoms with Crippen LogP contribution in [0.4, 0.5) is 13.2 Å². The largest absolute Gasteiger partial charge is 0.418 e. The molecule has 0 saturated carbocycles. The van der Waals surface area contributed by atoms with Crippen molar-refractivity contribution < 1.29 is 18.0 Å². The zero-order valence-electron chi connectivity index (χ0n) is 6.43. The topological polar surface area (TPSA) is 32.9 Å². The van der Waals surface area contributed by atoms with Gasteiger partial charge in [0, 0.05) is 6.20 Å². The first kappa shape index (κ1) is 9.57. The Morgan fingerprint density at radius 3 is 2.54 bits per heavy atom. The zero-order valence-corrected chi connectivity index (χ0v) is 6.43. The van der Waals surface area contributed by atoms with Crippen molar-refractivity contribution >= 4 is 11.9 Å². The summed E-state index contributed by atoms with van der Waals surface area (Å²) in [6.45, 7) is 0. The molecule has 1 heterocycles. The van der Waals surface area contributed by atoms with E-state index in [1.54, 1.807) is 0 Å². The van der Waals surface area contributed by atoms with E-state index in [4.69, 9.17) is 0 Å². The monoisotopic (exact) mass is 189 g/mol. The number of halogens is 3. The molecule has 0 spiro atoms. The van der Waals surface area contributed by atoms with Gasteiger partial charge >= 0.3 is 6.18 Å². The summed E-state index contributed by atoms with van der Waals surface area (Å²) < 4.78 is 36.7. The molecule has 0 saturated heterocycles. The van der Waals surface area contributed by atoms with Gasteiger partial charge < -0.3 is 4.98 Å². The number of alkyl halides is 3. The Kier molecular flexibility index (Phi) is 2.55. The van der Waals surface area contributed by atoms with Crippen molar-refractivity contribution in [2.75, 3.05) is 0 Å². The Bertz CT molecular complexity index is 311. The highest BCUT2D eigenvalue weighted by molar-refractivity contribution is 5.82. The average molecular weight is 189 g/mol. The number of carbonyl (C=O) groups excluding carboxylic acids is 1. The Hall–Kier alpha value is -1.52. The van der Waals surface area contributed by atoms with Crippen LogP contribution in [0.5, 0.6) is 0 Å². The maximum absolute atomic E-state index is 12.2. The number of aromatic nitrogens is 1. The summed E-state index contributed by atoms with van der Waals surface area (Å²) in [4.78, 5) is 12.3. The maximum Gasteiger partial charge on any atom is 0.418 e. The first-order chi connectivity index (χ1) is 6.05. The lowest BCUT2D eigenvalue weighted by Crippen LogP contribution is -2.11. The van der Waals surface area contributed by atoms with Gasteiger partial charge in [-0.25, -0.2) is 0 Å². The van der Waals surface area contributed by atoms with Crippen LogP contribution in [0, 0.1) is 0 Å². The van der Waals surface area contributed by atoms with E-state index in [9.17, 15) is 18.0 Å². The smallest absolute Gasteiger partial charge is 0.361 e. The van der Waals surface area contributed by atoms with E-state index >= 15 is 0 Å². The molecule has 0 aromatic carbocycles. The Morgan fingerprint density at radius 1 is 1.46 bits per heavy atom. The summed E-state index contributed by atoms with van der Waals surface area (Å²) in [7, 11) is 0. The van der Waals surface area contributed by atoms with E-state index in [0.717, 1.165) is 0 Å². The highest BCUT2D eigenvalue weighted by Crippen LogP contribution is 2.32. The van der Waals surface area contributed by atoms with Crippen molar-refractivity contribution in [1.82, 2.24) is 4.98 Å². The van der Waals surface area contributed by atoms with E-state index < -0.39 is 11.7 Å². The number of hydrogen-bond donors (Lipinski definition) is 1. The van der Waals surface area contributed by atoms with Crippen LogP contribution in [-0.4, -0.2) is 17.4 Å². The van der Waals surface area contributed by atoms with Gasteiger partial charge in [-0.3, -0.25) is 4.79 Å². The fourth-order valence-electron chi connectivity index (χ4n) is 0.903. The molecule has 0 unspecified atom stereocenters. The summed E-state index contributed by atoms with van der Waals surface area (Å²) in [5.74, 6) is 0. The van der Waals surface area contributed by atoms with Crippen LogP contribution in [0.3, 0.4) is 0 Å². The van der Waals surface area contributed by atoms with Gasteiger partial charge in [-0.15, -0.1) is 0 Å². The van der Waals surface area contributed by atoms with Crippen molar-refractivity contribution in [2.45, 2.75) is 6.18 Å². The second-order valence-electron chi connectivity index (χ2n) is 2.30. The molecule has 0 bridgehead atoms. The van der Waals surface area contributed by atoms with E-state index in [1.165, 1.54) is 18.3 Å². The zero-order chi connectivity index (χ0) is 9.90. The molecular formula is C8H6F3NO. The lowest BCUT2D eigenvalue weighted by atomic mass is 10.2. The van der Waals surface area contributed by atoms with Gasteiger partial charge in [-0.1, -0.05) is 0 Å². The summed E-state index contributed by atoms with van der Waals surface area (Å²) in [6.07, 6.45) is -2.54. The van der Waals surface area contributed by atoms with E-state index in [-0.39, 0.29) is 12.0 Å². The third-order valence-corrected chi connectivity index (χ3v) is 1.43. The molecular weight excluding hydrogens is 183 g/mol. The fourth-order valence-corrected chi connectivity index (χ4v) is 0.903. The van der Waals surface area contributed by atoms with Gasteiger partial charge in [0.2, 0.25) is 0 Å².